The van der Waals surface area contributed by atoms with Crippen molar-refractivity contribution in [2.45, 2.75) is 26.1 Å². The smallest absolute Gasteiger partial charge is 0.303 e. The molecule has 0 aliphatic carbocycles. The molecule has 0 fully saturated rings. The fourth-order valence-corrected chi connectivity index (χ4v) is 2.42. The van der Waals surface area contributed by atoms with Gasteiger partial charge in [0.1, 0.15) is 25.3 Å². The van der Waals surface area contributed by atoms with Crippen molar-refractivity contribution in [3.05, 3.63) is 71.8 Å². The molecule has 2 aromatic rings. The van der Waals surface area contributed by atoms with Gasteiger partial charge in [-0.05, 0) is 11.1 Å². The lowest BCUT2D eigenvalue weighted by molar-refractivity contribution is -0.147. The molecule has 0 spiro atoms. The SMILES string of the molecule is CC(=O)OC(CN=NC[C@H](OC(C)=O)c1ccccc1)c1ccccc1. The molecule has 6 nitrogen and oxygen atoms in total. The lowest BCUT2D eigenvalue weighted by atomic mass is 10.1. The summed E-state index contributed by atoms with van der Waals surface area (Å²) < 4.78 is 10.6. The average Bonchev–Trinajstić information content (AvgIpc) is 2.64. The van der Waals surface area contributed by atoms with Crippen molar-refractivity contribution in [2.24, 2.45) is 10.2 Å². The summed E-state index contributed by atoms with van der Waals surface area (Å²) in [7, 11) is 0. The summed E-state index contributed by atoms with van der Waals surface area (Å²) in [5, 5.41) is 8.26. The summed E-state index contributed by atoms with van der Waals surface area (Å²) in [6, 6.07) is 18.7. The van der Waals surface area contributed by atoms with E-state index in [2.05, 4.69) is 10.2 Å². The van der Waals surface area contributed by atoms with Gasteiger partial charge in [0.15, 0.2) is 0 Å². The number of hydrogen-bond donors (Lipinski definition) is 0. The van der Waals surface area contributed by atoms with Crippen LogP contribution < -0.4 is 0 Å². The third-order valence-electron chi connectivity index (χ3n) is 3.55. The zero-order valence-electron chi connectivity index (χ0n) is 14.9. The Bertz CT molecular complexity index is 668. The van der Waals surface area contributed by atoms with E-state index in [1.165, 1.54) is 13.8 Å². The maximum absolute atomic E-state index is 11.3. The second kappa shape index (κ2) is 10.1. The van der Waals surface area contributed by atoms with Gasteiger partial charge in [0.25, 0.3) is 0 Å². The number of carbonyl (C=O) groups excluding carboxylic acids is 2. The zero-order chi connectivity index (χ0) is 18.8. The van der Waals surface area contributed by atoms with Crippen molar-refractivity contribution in [2.75, 3.05) is 13.1 Å². The van der Waals surface area contributed by atoms with E-state index in [0.29, 0.717) is 0 Å². The molecule has 2 rings (SSSR count). The molecule has 2 aromatic carbocycles. The maximum Gasteiger partial charge on any atom is 0.303 e. The highest BCUT2D eigenvalue weighted by atomic mass is 16.5. The first kappa shape index (κ1) is 19.3. The minimum atomic E-state index is -0.499. The van der Waals surface area contributed by atoms with Crippen LogP contribution in [0.5, 0.6) is 0 Å². The lowest BCUT2D eigenvalue weighted by Gasteiger charge is -2.16. The van der Waals surface area contributed by atoms with E-state index in [1.807, 2.05) is 60.7 Å². The molecule has 0 saturated carbocycles. The zero-order valence-corrected chi connectivity index (χ0v) is 14.9. The average molecular weight is 354 g/mol. The van der Waals surface area contributed by atoms with E-state index in [0.717, 1.165) is 11.1 Å². The Balaban J connectivity index is 2.01. The summed E-state index contributed by atoms with van der Waals surface area (Å²) in [6.45, 7) is 3.12. The molecule has 136 valence electrons. The number of rotatable bonds is 8. The number of hydrogen-bond acceptors (Lipinski definition) is 6. The van der Waals surface area contributed by atoms with Crippen molar-refractivity contribution in [3.8, 4) is 0 Å². The number of ether oxygens (including phenoxy) is 2. The molecular formula is C20H22N2O4. The standard InChI is InChI=1S/C20H22N2O4/c1-15(23)25-19(17-9-5-3-6-10-17)13-21-22-14-20(26-16(2)24)18-11-7-4-8-12-18/h3-12,19-20H,13-14H2,1-2H3/t19-,20?/m0/s1. The summed E-state index contributed by atoms with van der Waals surface area (Å²) in [6.07, 6.45) is -0.997. The Morgan fingerprint density at radius 1 is 0.731 bits per heavy atom. The molecule has 6 heteroatoms. The first-order chi connectivity index (χ1) is 12.6. The van der Waals surface area contributed by atoms with Crippen LogP contribution in [0, 0.1) is 0 Å². The van der Waals surface area contributed by atoms with Crippen molar-refractivity contribution >= 4 is 11.9 Å². The van der Waals surface area contributed by atoms with Gasteiger partial charge in [-0.15, -0.1) is 0 Å². The van der Waals surface area contributed by atoms with Gasteiger partial charge >= 0.3 is 11.9 Å². The molecule has 0 bridgehead atoms. The van der Waals surface area contributed by atoms with Crippen molar-refractivity contribution in [1.82, 2.24) is 0 Å². The van der Waals surface area contributed by atoms with Crippen LogP contribution in [-0.4, -0.2) is 25.0 Å². The summed E-state index contributed by atoms with van der Waals surface area (Å²) in [5.41, 5.74) is 1.70. The normalized spacial score (nSPS) is 13.2. The minimum Gasteiger partial charge on any atom is -0.456 e. The van der Waals surface area contributed by atoms with Gasteiger partial charge < -0.3 is 9.47 Å². The van der Waals surface area contributed by atoms with Crippen LogP contribution in [0.15, 0.2) is 70.9 Å². The molecule has 0 heterocycles. The molecule has 2 atom stereocenters. The first-order valence-electron chi connectivity index (χ1n) is 8.34. The molecule has 0 aliphatic rings. The monoisotopic (exact) mass is 354 g/mol. The van der Waals surface area contributed by atoms with Gasteiger partial charge in [0.2, 0.25) is 0 Å². The molecule has 0 radical (unpaired) electrons. The molecule has 26 heavy (non-hydrogen) atoms. The third kappa shape index (κ3) is 6.47. The number of carbonyl (C=O) groups is 2. The Kier molecular flexibility index (Phi) is 7.49. The minimum absolute atomic E-state index is 0.200. The topological polar surface area (TPSA) is 77.3 Å². The van der Waals surface area contributed by atoms with Gasteiger partial charge in [-0.2, -0.15) is 10.2 Å². The van der Waals surface area contributed by atoms with Gasteiger partial charge in [0, 0.05) is 13.8 Å². The van der Waals surface area contributed by atoms with Crippen LogP contribution in [0.25, 0.3) is 0 Å². The van der Waals surface area contributed by atoms with Gasteiger partial charge in [-0.1, -0.05) is 60.7 Å². The number of esters is 2. The molecule has 1 unspecified atom stereocenters. The van der Waals surface area contributed by atoms with Crippen molar-refractivity contribution < 1.29 is 19.1 Å². The number of benzene rings is 2. The highest BCUT2D eigenvalue weighted by Gasteiger charge is 2.16. The highest BCUT2D eigenvalue weighted by Crippen LogP contribution is 2.20. The van der Waals surface area contributed by atoms with E-state index < -0.39 is 12.2 Å². The highest BCUT2D eigenvalue weighted by molar-refractivity contribution is 5.66. The van der Waals surface area contributed by atoms with Crippen LogP contribution in [0.3, 0.4) is 0 Å². The predicted molar refractivity (Wildman–Crippen MR) is 96.5 cm³/mol. The van der Waals surface area contributed by atoms with E-state index >= 15 is 0 Å². The number of azo groups is 1. The fourth-order valence-electron chi connectivity index (χ4n) is 2.42. The van der Waals surface area contributed by atoms with Crippen LogP contribution >= 0.6 is 0 Å². The lowest BCUT2D eigenvalue weighted by Crippen LogP contribution is -2.13. The third-order valence-corrected chi connectivity index (χ3v) is 3.55. The summed E-state index contributed by atoms with van der Waals surface area (Å²) >= 11 is 0. The maximum atomic E-state index is 11.3. The molecule has 0 aromatic heterocycles. The predicted octanol–water partition coefficient (Wildman–Crippen LogP) is 4.05. The molecule has 0 aliphatic heterocycles. The summed E-state index contributed by atoms with van der Waals surface area (Å²) in [5.74, 6) is -0.757. The number of nitrogens with zero attached hydrogens (tertiary/aromatic N) is 2. The van der Waals surface area contributed by atoms with Crippen LogP contribution in [0.1, 0.15) is 37.2 Å². The van der Waals surface area contributed by atoms with Crippen molar-refractivity contribution in [1.29, 1.82) is 0 Å². The van der Waals surface area contributed by atoms with E-state index in [1.54, 1.807) is 0 Å². The van der Waals surface area contributed by atoms with Gasteiger partial charge in [0.05, 0.1) is 0 Å². The summed E-state index contributed by atoms with van der Waals surface area (Å²) in [4.78, 5) is 22.6. The Morgan fingerprint density at radius 2 is 1.08 bits per heavy atom. The van der Waals surface area contributed by atoms with Gasteiger partial charge in [-0.25, -0.2) is 0 Å². The molecular weight excluding hydrogens is 332 g/mol. The Labute approximate surface area is 152 Å². The fraction of sp³-hybridized carbons (Fsp3) is 0.300. The Morgan fingerprint density at radius 3 is 1.38 bits per heavy atom. The van der Waals surface area contributed by atoms with Gasteiger partial charge in [-0.3, -0.25) is 9.59 Å². The molecule has 0 N–H and O–H groups in total. The Hall–Kier alpha value is -3.02. The van der Waals surface area contributed by atoms with Crippen molar-refractivity contribution in [3.63, 3.8) is 0 Å². The van der Waals surface area contributed by atoms with E-state index in [4.69, 9.17) is 9.47 Å². The van der Waals surface area contributed by atoms with E-state index in [9.17, 15) is 9.59 Å². The van der Waals surface area contributed by atoms with Crippen LogP contribution in [-0.2, 0) is 19.1 Å². The van der Waals surface area contributed by atoms with E-state index in [-0.39, 0.29) is 25.0 Å². The molecule has 0 saturated heterocycles. The quantitative estimate of drug-likeness (QED) is 0.529. The van der Waals surface area contributed by atoms with Crippen LogP contribution in [0.2, 0.25) is 0 Å². The molecule has 0 amide bonds. The van der Waals surface area contributed by atoms with Crippen LogP contribution in [0.4, 0.5) is 0 Å². The second-order valence-electron chi connectivity index (χ2n) is 5.67. The first-order valence-corrected chi connectivity index (χ1v) is 8.34. The second-order valence-corrected chi connectivity index (χ2v) is 5.67. The largest absolute Gasteiger partial charge is 0.456 e.